The molecule has 1 atom stereocenters. The smallest absolute Gasteiger partial charge is 0.350 e. The molecule has 0 aliphatic rings. The minimum absolute atomic E-state index is 0.0893. The highest BCUT2D eigenvalue weighted by atomic mass is 31.2. The second-order valence-electron chi connectivity index (χ2n) is 6.28. The monoisotopic (exact) mass is 336 g/mol. The summed E-state index contributed by atoms with van der Waals surface area (Å²) in [5.41, 5.74) is -0.666. The molecule has 1 rings (SSSR count). The first-order valence-electron chi connectivity index (χ1n) is 6.64. The maximum absolute atomic E-state index is 11.8. The fraction of sp³-hybridized carbons (Fsp3) is 0.667. The van der Waals surface area contributed by atoms with Gasteiger partial charge in [-0.15, -0.1) is 0 Å². The van der Waals surface area contributed by atoms with E-state index in [9.17, 15) is 14.2 Å². The predicted octanol–water partition coefficient (Wildman–Crippen LogP) is -0.928. The lowest BCUT2D eigenvalue weighted by atomic mass is 10.3. The van der Waals surface area contributed by atoms with Gasteiger partial charge in [0.1, 0.15) is 19.0 Å². The Labute approximate surface area is 127 Å². The summed E-state index contributed by atoms with van der Waals surface area (Å²) in [7, 11) is 1.40. The summed E-state index contributed by atoms with van der Waals surface area (Å²) < 4.78 is 18.0. The van der Waals surface area contributed by atoms with Gasteiger partial charge in [0.05, 0.1) is 27.7 Å². The molecule has 0 fully saturated rings. The molecule has 9 nitrogen and oxygen atoms in total. The van der Waals surface area contributed by atoms with E-state index in [1.165, 1.54) is 10.8 Å². The maximum atomic E-state index is 11.8. The normalized spacial score (nSPS) is 14.1. The molecule has 1 aromatic rings. The van der Waals surface area contributed by atoms with Gasteiger partial charge in [0.2, 0.25) is 0 Å². The molecule has 0 bridgehead atoms. The molecule has 1 unspecified atom stereocenters. The Morgan fingerprint density at radius 1 is 1.36 bits per heavy atom. The zero-order valence-electron chi connectivity index (χ0n) is 13.1. The number of nitrogens with zero attached hydrogens (tertiary/aromatic N) is 2. The van der Waals surface area contributed by atoms with Crippen LogP contribution in [-0.4, -0.2) is 64.0 Å². The molecule has 0 aliphatic heterocycles. The van der Waals surface area contributed by atoms with Gasteiger partial charge in [0.15, 0.2) is 0 Å². The van der Waals surface area contributed by atoms with Crippen molar-refractivity contribution in [2.45, 2.75) is 19.6 Å². The fourth-order valence-electron chi connectivity index (χ4n) is 1.95. The molecule has 0 aliphatic carbocycles. The fourth-order valence-corrected chi connectivity index (χ4v) is 2.36. The number of hydrogen-bond acceptors (Lipinski definition) is 4. The molecule has 0 amide bonds. The van der Waals surface area contributed by atoms with Crippen LogP contribution in [0.4, 0.5) is 0 Å². The van der Waals surface area contributed by atoms with Crippen LogP contribution in [0.15, 0.2) is 15.8 Å². The van der Waals surface area contributed by atoms with Crippen molar-refractivity contribution in [3.05, 3.63) is 32.6 Å². The second kappa shape index (κ2) is 6.89. The maximum Gasteiger partial charge on any atom is 0.350 e. The first-order valence-corrected chi connectivity index (χ1v) is 8.44. The third-order valence-electron chi connectivity index (χ3n) is 2.82. The second-order valence-corrected chi connectivity index (χ2v) is 7.87. The van der Waals surface area contributed by atoms with Gasteiger partial charge in [-0.1, -0.05) is 0 Å². The van der Waals surface area contributed by atoms with Gasteiger partial charge in [0.25, 0.3) is 5.56 Å². The Balaban J connectivity index is 2.97. The van der Waals surface area contributed by atoms with Crippen LogP contribution in [0, 0.1) is 6.92 Å². The lowest BCUT2D eigenvalue weighted by Gasteiger charge is -2.29. The average molecular weight is 336 g/mol. The molecule has 1 heterocycles. The van der Waals surface area contributed by atoms with Crippen LogP contribution in [0.5, 0.6) is 0 Å². The largest absolute Gasteiger partial charge is 0.358 e. The van der Waals surface area contributed by atoms with Gasteiger partial charge in [-0.3, -0.25) is 18.9 Å². The van der Waals surface area contributed by atoms with Gasteiger partial charge in [-0.25, -0.2) is 4.79 Å². The summed E-state index contributed by atoms with van der Waals surface area (Å²) in [6, 6.07) is 0. The number of H-pyrrole nitrogens is 1. The van der Waals surface area contributed by atoms with Crippen molar-refractivity contribution in [1.82, 2.24) is 9.55 Å². The molecular weight excluding hydrogens is 313 g/mol. The quantitative estimate of drug-likeness (QED) is 0.437. The van der Waals surface area contributed by atoms with Crippen LogP contribution in [0.25, 0.3) is 0 Å². The van der Waals surface area contributed by atoms with Crippen molar-refractivity contribution in [3.63, 3.8) is 0 Å². The Morgan fingerprint density at radius 3 is 2.45 bits per heavy atom. The van der Waals surface area contributed by atoms with Crippen molar-refractivity contribution in [2.75, 3.05) is 34.0 Å². The third-order valence-corrected chi connectivity index (χ3v) is 3.30. The number of aromatic nitrogens is 2. The Bertz CT molecular complexity index is 669. The van der Waals surface area contributed by atoms with Crippen LogP contribution in [0.3, 0.4) is 0 Å². The minimum Gasteiger partial charge on any atom is -0.358 e. The highest BCUT2D eigenvalue weighted by Gasteiger charge is 2.24. The number of ether oxygens (including phenoxy) is 1. The number of likely N-dealkylation sites (N-methyl/N-ethyl adjacent to an activating group) is 1. The lowest BCUT2D eigenvalue weighted by molar-refractivity contribution is -0.873. The van der Waals surface area contributed by atoms with Crippen molar-refractivity contribution >= 4 is 7.60 Å². The number of aromatic amines is 1. The van der Waals surface area contributed by atoms with Gasteiger partial charge in [-0.05, 0) is 6.92 Å². The first-order chi connectivity index (χ1) is 9.87. The number of nitrogens with one attached hydrogen (secondary N) is 1. The number of rotatable bonds is 7. The standard InChI is InChI=1S/C12H22N3O6P/c1-9-5-14(12(17)13-11(9)16)6-10(7-15(2,3)4)21-8-22(18,19)20/h5,10H,6-8H2,1-4H3,(H2-,13,16,17,18,19,20)/p+1. The predicted molar refractivity (Wildman–Crippen MR) is 80.7 cm³/mol. The highest BCUT2D eigenvalue weighted by molar-refractivity contribution is 7.51. The average Bonchev–Trinajstić information content (AvgIpc) is 2.30. The van der Waals surface area contributed by atoms with Crippen LogP contribution < -0.4 is 11.2 Å². The van der Waals surface area contributed by atoms with Crippen LogP contribution >= 0.6 is 7.60 Å². The molecule has 0 saturated heterocycles. The summed E-state index contributed by atoms with van der Waals surface area (Å²) in [4.78, 5) is 43.2. The Hall–Kier alpha value is -1.25. The molecule has 0 radical (unpaired) electrons. The van der Waals surface area contributed by atoms with Gasteiger partial charge in [0, 0.05) is 11.8 Å². The molecule has 10 heteroatoms. The highest BCUT2D eigenvalue weighted by Crippen LogP contribution is 2.34. The van der Waals surface area contributed by atoms with Gasteiger partial charge < -0.3 is 19.0 Å². The van der Waals surface area contributed by atoms with Crippen molar-refractivity contribution in [3.8, 4) is 0 Å². The van der Waals surface area contributed by atoms with Crippen molar-refractivity contribution < 1.29 is 23.6 Å². The van der Waals surface area contributed by atoms with Crippen molar-refractivity contribution in [1.29, 1.82) is 0 Å². The van der Waals surface area contributed by atoms with E-state index in [0.717, 1.165) is 0 Å². The van der Waals surface area contributed by atoms with Crippen LogP contribution in [0.1, 0.15) is 5.56 Å². The van der Waals surface area contributed by atoms with E-state index < -0.39 is 31.3 Å². The molecule has 3 N–H and O–H groups in total. The van der Waals surface area contributed by atoms with Gasteiger partial charge >= 0.3 is 13.3 Å². The first kappa shape index (κ1) is 18.8. The molecule has 0 aromatic carbocycles. The van der Waals surface area contributed by atoms with E-state index in [0.29, 0.717) is 16.6 Å². The summed E-state index contributed by atoms with van der Waals surface area (Å²) >= 11 is 0. The molecule has 0 saturated carbocycles. The number of aryl methyl sites for hydroxylation is 1. The van der Waals surface area contributed by atoms with E-state index in [-0.39, 0.29) is 6.54 Å². The van der Waals surface area contributed by atoms with E-state index in [2.05, 4.69) is 4.98 Å². The topological polar surface area (TPSA) is 122 Å². The molecule has 22 heavy (non-hydrogen) atoms. The van der Waals surface area contributed by atoms with Crippen molar-refractivity contribution in [2.24, 2.45) is 0 Å². The van der Waals surface area contributed by atoms with E-state index in [4.69, 9.17) is 14.5 Å². The Kier molecular flexibility index (Phi) is 5.89. The van der Waals surface area contributed by atoms with E-state index in [1.807, 2.05) is 21.1 Å². The number of quaternary nitrogens is 1. The molecule has 126 valence electrons. The summed E-state index contributed by atoms with van der Waals surface area (Å²) in [6.45, 7) is 2.09. The summed E-state index contributed by atoms with van der Waals surface area (Å²) in [5.74, 6) is 0. The summed E-state index contributed by atoms with van der Waals surface area (Å²) in [5, 5.41) is 0. The molecular formula is C12H23N3O6P+. The third kappa shape index (κ3) is 6.67. The zero-order valence-corrected chi connectivity index (χ0v) is 14.0. The van der Waals surface area contributed by atoms with E-state index in [1.54, 1.807) is 6.92 Å². The number of hydrogen-bond donors (Lipinski definition) is 3. The molecule has 1 aromatic heterocycles. The SMILES string of the molecule is Cc1cn(CC(C[N+](C)(C)C)OCP(=O)(O)O)c(=O)[nH]c1=O. The molecule has 0 spiro atoms. The van der Waals surface area contributed by atoms with Gasteiger partial charge in [-0.2, -0.15) is 0 Å². The lowest BCUT2D eigenvalue weighted by Crippen LogP contribution is -2.45. The van der Waals surface area contributed by atoms with Crippen LogP contribution in [-0.2, 0) is 15.8 Å². The van der Waals surface area contributed by atoms with Crippen LogP contribution in [0.2, 0.25) is 0 Å². The summed E-state index contributed by atoms with van der Waals surface area (Å²) in [6.07, 6.45) is 0.106. The zero-order chi connectivity index (χ0) is 17.1. The van der Waals surface area contributed by atoms with E-state index >= 15 is 0 Å². The minimum atomic E-state index is -4.29. The Morgan fingerprint density at radius 2 is 1.95 bits per heavy atom.